The topological polar surface area (TPSA) is 32.8 Å². The molecule has 1 aromatic carbocycles. The minimum atomic E-state index is 0.0835. The number of rotatable bonds is 3. The van der Waals surface area contributed by atoms with E-state index < -0.39 is 0 Å². The minimum absolute atomic E-state index is 0.0835. The number of anilines is 1. The van der Waals surface area contributed by atoms with Gasteiger partial charge in [-0.2, -0.15) is 0 Å². The number of amides is 1. The Morgan fingerprint density at radius 2 is 2.08 bits per heavy atom. The molecule has 0 spiro atoms. The van der Waals surface area contributed by atoms with Crippen LogP contribution in [0.5, 0.6) is 0 Å². The Bertz CT molecular complexity index is 766. The molecule has 1 amide bonds. The summed E-state index contributed by atoms with van der Waals surface area (Å²) < 4.78 is 5.82. The fraction of sp³-hybridized carbons (Fsp3) is 0.450. The number of thiophene rings is 1. The maximum absolute atomic E-state index is 13.1. The van der Waals surface area contributed by atoms with E-state index in [0.29, 0.717) is 12.8 Å². The fourth-order valence-electron chi connectivity index (χ4n) is 3.69. The van der Waals surface area contributed by atoms with E-state index in [1.807, 2.05) is 35.2 Å². The van der Waals surface area contributed by atoms with Crippen LogP contribution in [0.1, 0.15) is 39.2 Å². The number of ether oxygens (including phenoxy) is 1. The molecule has 2 aliphatic heterocycles. The lowest BCUT2D eigenvalue weighted by atomic mass is 10.1. The number of carbonyl (C=O) groups excluding carboxylic acids is 1. The molecule has 1 unspecified atom stereocenters. The van der Waals surface area contributed by atoms with Gasteiger partial charge in [0.15, 0.2) is 0 Å². The van der Waals surface area contributed by atoms with Crippen LogP contribution in [0.2, 0.25) is 0 Å². The molecule has 0 saturated carbocycles. The Hall–Kier alpha value is -1.69. The highest BCUT2D eigenvalue weighted by Gasteiger charge is 2.32. The minimum Gasteiger partial charge on any atom is -0.377 e. The van der Waals surface area contributed by atoms with Crippen LogP contribution in [-0.4, -0.2) is 36.7 Å². The van der Waals surface area contributed by atoms with Crippen LogP contribution in [-0.2, 0) is 11.3 Å². The molecule has 5 heteroatoms. The van der Waals surface area contributed by atoms with Crippen molar-refractivity contribution in [2.75, 3.05) is 24.7 Å². The van der Waals surface area contributed by atoms with Crippen molar-refractivity contribution in [3.05, 3.63) is 51.9 Å². The number of hydrogen-bond acceptors (Lipinski definition) is 4. The van der Waals surface area contributed by atoms with E-state index in [-0.39, 0.29) is 5.91 Å². The van der Waals surface area contributed by atoms with Crippen LogP contribution in [0, 0.1) is 13.8 Å². The summed E-state index contributed by atoms with van der Waals surface area (Å²) in [6.07, 6.45) is 2.57. The molecular formula is C20H24N2O2S. The molecule has 4 rings (SSSR count). The molecule has 0 bridgehead atoms. The van der Waals surface area contributed by atoms with E-state index in [2.05, 4.69) is 18.7 Å². The Morgan fingerprint density at radius 1 is 1.28 bits per heavy atom. The van der Waals surface area contributed by atoms with E-state index in [1.165, 1.54) is 16.0 Å². The Balaban J connectivity index is 1.64. The molecule has 0 radical (unpaired) electrons. The van der Waals surface area contributed by atoms with E-state index >= 15 is 0 Å². The zero-order chi connectivity index (χ0) is 17.4. The predicted octanol–water partition coefficient (Wildman–Crippen LogP) is 3.96. The van der Waals surface area contributed by atoms with Crippen molar-refractivity contribution < 1.29 is 9.53 Å². The second-order valence-electron chi connectivity index (χ2n) is 6.95. The van der Waals surface area contributed by atoms with Crippen molar-refractivity contribution in [3.8, 4) is 0 Å². The summed E-state index contributed by atoms with van der Waals surface area (Å²) in [6.45, 7) is 7.63. The molecule has 3 heterocycles. The smallest absolute Gasteiger partial charge is 0.260 e. The van der Waals surface area contributed by atoms with Crippen molar-refractivity contribution >= 4 is 22.2 Å². The first-order chi connectivity index (χ1) is 12.1. The second-order valence-corrected chi connectivity index (χ2v) is 8.16. The van der Waals surface area contributed by atoms with Crippen LogP contribution in [0.25, 0.3) is 0 Å². The van der Waals surface area contributed by atoms with Gasteiger partial charge >= 0.3 is 0 Å². The normalized spacial score (nSPS) is 20.7. The molecule has 1 fully saturated rings. The molecular weight excluding hydrogens is 332 g/mol. The highest BCUT2D eigenvalue weighted by Crippen LogP contribution is 2.40. The molecule has 1 atom stereocenters. The van der Waals surface area contributed by atoms with Crippen LogP contribution in [0.3, 0.4) is 0 Å². The zero-order valence-electron chi connectivity index (χ0n) is 14.8. The largest absolute Gasteiger partial charge is 0.377 e. The third-order valence-corrected chi connectivity index (χ3v) is 6.48. The molecule has 25 heavy (non-hydrogen) atoms. The molecule has 1 aromatic heterocycles. The first kappa shape index (κ1) is 16.8. The molecule has 0 N–H and O–H groups in total. The van der Waals surface area contributed by atoms with Crippen molar-refractivity contribution in [1.29, 1.82) is 0 Å². The molecule has 132 valence electrons. The Labute approximate surface area is 153 Å². The zero-order valence-corrected chi connectivity index (χ0v) is 15.6. The van der Waals surface area contributed by atoms with E-state index in [0.717, 1.165) is 43.1 Å². The second kappa shape index (κ2) is 6.90. The number of hydrogen-bond donors (Lipinski definition) is 0. The molecule has 2 aromatic rings. The standard InChI is InChI=1S/C20H24N2O2S/c1-14-15(2)25-20-18(14)12-21(11-17-9-6-10-24-17)13-22(20)19(23)16-7-4-3-5-8-16/h3-5,7-8,17H,6,9-13H2,1-2H3. The third kappa shape index (κ3) is 3.24. The van der Waals surface area contributed by atoms with E-state index in [4.69, 9.17) is 4.74 Å². The van der Waals surface area contributed by atoms with Crippen molar-refractivity contribution in [2.45, 2.75) is 39.3 Å². The third-order valence-electron chi connectivity index (χ3n) is 5.21. The Kier molecular flexibility index (Phi) is 4.63. The highest BCUT2D eigenvalue weighted by molar-refractivity contribution is 7.16. The van der Waals surface area contributed by atoms with Gasteiger partial charge in [-0.3, -0.25) is 14.6 Å². The van der Waals surface area contributed by atoms with E-state index in [9.17, 15) is 4.79 Å². The lowest BCUT2D eigenvalue weighted by Gasteiger charge is -2.36. The summed E-state index contributed by atoms with van der Waals surface area (Å²) in [7, 11) is 0. The van der Waals surface area contributed by atoms with Gasteiger partial charge in [-0.15, -0.1) is 11.3 Å². The summed E-state index contributed by atoms with van der Waals surface area (Å²) in [5.41, 5.74) is 3.37. The molecule has 2 aliphatic rings. The first-order valence-electron chi connectivity index (χ1n) is 8.93. The van der Waals surface area contributed by atoms with Crippen LogP contribution < -0.4 is 4.90 Å². The summed E-state index contributed by atoms with van der Waals surface area (Å²) in [5, 5.41) is 1.12. The predicted molar refractivity (Wildman–Crippen MR) is 101 cm³/mol. The average Bonchev–Trinajstić information content (AvgIpc) is 3.24. The quantitative estimate of drug-likeness (QED) is 0.834. The maximum atomic E-state index is 13.1. The molecule has 0 aliphatic carbocycles. The number of fused-ring (bicyclic) bond motifs is 1. The fourth-order valence-corrected chi connectivity index (χ4v) is 4.85. The lowest BCUT2D eigenvalue weighted by Crippen LogP contribution is -2.47. The van der Waals surface area contributed by atoms with Gasteiger partial charge in [0, 0.05) is 35.7 Å². The average molecular weight is 356 g/mol. The van der Waals surface area contributed by atoms with Crippen LogP contribution in [0.4, 0.5) is 5.00 Å². The summed E-state index contributed by atoms with van der Waals surface area (Å²) >= 11 is 1.74. The van der Waals surface area contributed by atoms with Gasteiger partial charge < -0.3 is 4.74 Å². The molecule has 4 nitrogen and oxygen atoms in total. The lowest BCUT2D eigenvalue weighted by molar-refractivity contribution is 0.0663. The van der Waals surface area contributed by atoms with Gasteiger partial charge in [-0.1, -0.05) is 18.2 Å². The number of benzene rings is 1. The first-order valence-corrected chi connectivity index (χ1v) is 9.75. The monoisotopic (exact) mass is 356 g/mol. The van der Waals surface area contributed by atoms with Gasteiger partial charge in [0.2, 0.25) is 0 Å². The van der Waals surface area contributed by atoms with Crippen molar-refractivity contribution in [2.24, 2.45) is 0 Å². The maximum Gasteiger partial charge on any atom is 0.260 e. The Morgan fingerprint density at radius 3 is 2.80 bits per heavy atom. The number of nitrogens with zero attached hydrogens (tertiary/aromatic N) is 2. The summed E-state index contributed by atoms with van der Waals surface area (Å²) in [5.74, 6) is 0.0835. The van der Waals surface area contributed by atoms with Gasteiger partial charge in [0.25, 0.3) is 5.91 Å². The molecule has 1 saturated heterocycles. The van der Waals surface area contributed by atoms with Crippen LogP contribution >= 0.6 is 11.3 Å². The summed E-state index contributed by atoms with van der Waals surface area (Å²) in [4.78, 5) is 18.8. The van der Waals surface area contributed by atoms with Gasteiger partial charge in [0.05, 0.1) is 12.8 Å². The number of carbonyl (C=O) groups is 1. The van der Waals surface area contributed by atoms with Gasteiger partial charge in [-0.05, 0) is 44.4 Å². The SMILES string of the molecule is Cc1sc2c(c1C)CN(CC1CCCO1)CN2C(=O)c1ccccc1. The highest BCUT2D eigenvalue weighted by atomic mass is 32.1. The number of aryl methyl sites for hydroxylation is 1. The summed E-state index contributed by atoms with van der Waals surface area (Å²) in [6, 6.07) is 9.59. The van der Waals surface area contributed by atoms with E-state index in [1.54, 1.807) is 11.3 Å². The van der Waals surface area contributed by atoms with Gasteiger partial charge in [0.1, 0.15) is 5.00 Å². The van der Waals surface area contributed by atoms with Gasteiger partial charge in [-0.25, -0.2) is 0 Å². The van der Waals surface area contributed by atoms with Crippen molar-refractivity contribution in [3.63, 3.8) is 0 Å². The van der Waals surface area contributed by atoms with Crippen LogP contribution in [0.15, 0.2) is 30.3 Å². The van der Waals surface area contributed by atoms with Crippen molar-refractivity contribution in [1.82, 2.24) is 4.90 Å².